The van der Waals surface area contributed by atoms with Gasteiger partial charge in [-0.1, -0.05) is 43.3 Å². The second-order valence-corrected chi connectivity index (χ2v) is 5.84. The smallest absolute Gasteiger partial charge is 0.129 e. The van der Waals surface area contributed by atoms with Gasteiger partial charge >= 0.3 is 0 Å². The zero-order valence-corrected chi connectivity index (χ0v) is 13.2. The first-order valence-corrected chi connectivity index (χ1v) is 7.81. The summed E-state index contributed by atoms with van der Waals surface area (Å²) in [5.74, 6) is 1.21. The third kappa shape index (κ3) is 2.74. The minimum Gasteiger partial charge on any atom is -0.490 e. The van der Waals surface area contributed by atoms with Crippen molar-refractivity contribution in [3.05, 3.63) is 72.8 Å². The van der Waals surface area contributed by atoms with Crippen molar-refractivity contribution in [2.45, 2.75) is 32.3 Å². The lowest BCUT2D eigenvalue weighted by molar-refractivity contribution is 0.245. The van der Waals surface area contributed by atoms with Crippen molar-refractivity contribution in [3.63, 3.8) is 0 Å². The topological polar surface area (TPSA) is 25.0 Å². The highest BCUT2D eigenvalue weighted by molar-refractivity contribution is 5.90. The van der Waals surface area contributed by atoms with Gasteiger partial charge in [0.25, 0.3) is 0 Å². The highest BCUT2D eigenvalue weighted by Gasteiger charge is 2.19. The molecule has 1 N–H and O–H groups in total. The molecule has 0 bridgehead atoms. The van der Waals surface area contributed by atoms with E-state index in [4.69, 9.17) is 4.74 Å². The lowest BCUT2D eigenvalue weighted by atomic mass is 9.89. The van der Waals surface area contributed by atoms with Gasteiger partial charge in [0.15, 0.2) is 0 Å². The van der Waals surface area contributed by atoms with Gasteiger partial charge in [-0.2, -0.15) is 0 Å². The van der Waals surface area contributed by atoms with Gasteiger partial charge in [-0.05, 0) is 43.5 Å². The van der Waals surface area contributed by atoms with Gasteiger partial charge in [-0.3, -0.25) is 0 Å². The van der Waals surface area contributed by atoms with Crippen LogP contribution in [0.15, 0.2) is 54.7 Å². The molecule has 0 aliphatic heterocycles. The molecule has 0 saturated carbocycles. The average molecular weight is 292 g/mol. The number of fused-ring (bicyclic) bond motifs is 1. The summed E-state index contributed by atoms with van der Waals surface area (Å²) >= 11 is 0. The third-order valence-electron chi connectivity index (χ3n) is 3.93. The molecule has 3 aromatic rings. The van der Waals surface area contributed by atoms with Crippen LogP contribution in [0.25, 0.3) is 10.9 Å². The Labute approximate surface area is 132 Å². The van der Waals surface area contributed by atoms with Crippen molar-refractivity contribution in [2.75, 3.05) is 0 Å². The summed E-state index contributed by atoms with van der Waals surface area (Å²) in [4.78, 5) is 3.38. The highest BCUT2D eigenvalue weighted by atomic mass is 16.5. The Morgan fingerprint density at radius 1 is 1.05 bits per heavy atom. The number of ether oxygens (including phenoxy) is 1. The number of aromatic amines is 1. The van der Waals surface area contributed by atoms with E-state index in [1.54, 1.807) is 0 Å². The van der Waals surface area contributed by atoms with E-state index in [1.165, 1.54) is 16.5 Å². The van der Waals surface area contributed by atoms with Gasteiger partial charge in [0.1, 0.15) is 5.75 Å². The van der Waals surface area contributed by atoms with E-state index >= 15 is 0 Å². The van der Waals surface area contributed by atoms with E-state index < -0.39 is 0 Å². The lowest BCUT2D eigenvalue weighted by Gasteiger charge is -2.17. The van der Waals surface area contributed by atoms with Crippen LogP contribution in [0.2, 0.25) is 0 Å². The molecule has 0 spiro atoms. The highest BCUT2D eigenvalue weighted by Crippen LogP contribution is 2.37. The van der Waals surface area contributed by atoms with Crippen LogP contribution in [0.1, 0.15) is 37.3 Å². The molecule has 22 heavy (non-hydrogen) atoms. The summed E-state index contributed by atoms with van der Waals surface area (Å²) in [5.41, 5.74) is 3.66. The first-order chi connectivity index (χ1) is 10.7. The summed E-state index contributed by atoms with van der Waals surface area (Å²) in [6, 6.07) is 16.7. The Balaban J connectivity index is 2.13. The molecule has 1 radical (unpaired) electrons. The van der Waals surface area contributed by atoms with Crippen molar-refractivity contribution in [3.8, 4) is 5.75 Å². The fourth-order valence-corrected chi connectivity index (χ4v) is 2.99. The second-order valence-electron chi connectivity index (χ2n) is 5.84. The van der Waals surface area contributed by atoms with Crippen LogP contribution in [0, 0.1) is 6.92 Å². The molecular formula is C20H22NO. The molecule has 2 heteroatoms. The molecule has 2 aromatic carbocycles. The molecule has 0 aliphatic rings. The van der Waals surface area contributed by atoms with E-state index in [2.05, 4.69) is 62.3 Å². The molecular weight excluding hydrogens is 270 g/mol. The van der Waals surface area contributed by atoms with Gasteiger partial charge in [0.05, 0.1) is 6.10 Å². The van der Waals surface area contributed by atoms with Gasteiger partial charge in [-0.25, -0.2) is 0 Å². The summed E-state index contributed by atoms with van der Waals surface area (Å²) in [6.07, 6.45) is 3.07. The molecule has 0 saturated heterocycles. The molecule has 1 aromatic heterocycles. The quantitative estimate of drug-likeness (QED) is 0.677. The van der Waals surface area contributed by atoms with Gasteiger partial charge in [0, 0.05) is 23.0 Å². The summed E-state index contributed by atoms with van der Waals surface area (Å²) in [5, 5.41) is 1.17. The number of hydrogen-bond donors (Lipinski definition) is 1. The first kappa shape index (κ1) is 14.7. The number of benzene rings is 2. The number of aromatic nitrogens is 1. The Kier molecular flexibility index (Phi) is 4.19. The molecule has 0 unspecified atom stereocenters. The number of nitrogens with one attached hydrogen (secondary N) is 1. The fraction of sp³-hybridized carbons (Fsp3) is 0.250. The summed E-state index contributed by atoms with van der Waals surface area (Å²) in [7, 11) is 0. The van der Waals surface area contributed by atoms with Crippen LogP contribution in [-0.2, 0) is 0 Å². The maximum absolute atomic E-state index is 6.02. The predicted octanol–water partition coefficient (Wildman–Crippen LogP) is 5.31. The van der Waals surface area contributed by atoms with Crippen LogP contribution < -0.4 is 4.74 Å². The molecule has 2 nitrogen and oxygen atoms in total. The van der Waals surface area contributed by atoms with E-state index in [-0.39, 0.29) is 12.0 Å². The maximum atomic E-state index is 6.02. The SMILES string of the molecule is [CH2]C[C@@H](c1ccccc1)c1c[nH]c2cccc(OC(C)C)c12. The lowest BCUT2D eigenvalue weighted by Crippen LogP contribution is -2.06. The molecule has 113 valence electrons. The van der Waals surface area contributed by atoms with E-state index in [0.29, 0.717) is 0 Å². The van der Waals surface area contributed by atoms with E-state index in [1.807, 2.05) is 18.2 Å². The maximum Gasteiger partial charge on any atom is 0.129 e. The average Bonchev–Trinajstić information content (AvgIpc) is 2.94. The van der Waals surface area contributed by atoms with Crippen molar-refractivity contribution in [1.29, 1.82) is 0 Å². The van der Waals surface area contributed by atoms with Crippen molar-refractivity contribution in [2.24, 2.45) is 0 Å². The van der Waals surface area contributed by atoms with Crippen LogP contribution >= 0.6 is 0 Å². The Morgan fingerprint density at radius 2 is 1.82 bits per heavy atom. The molecule has 0 fully saturated rings. The molecule has 1 heterocycles. The van der Waals surface area contributed by atoms with Crippen molar-refractivity contribution >= 4 is 10.9 Å². The predicted molar refractivity (Wildman–Crippen MR) is 92.3 cm³/mol. The van der Waals surface area contributed by atoms with Crippen LogP contribution in [0.4, 0.5) is 0 Å². The molecule has 1 atom stereocenters. The largest absolute Gasteiger partial charge is 0.490 e. The van der Waals surface area contributed by atoms with Gasteiger partial charge < -0.3 is 9.72 Å². The molecule has 3 rings (SSSR count). The minimum absolute atomic E-state index is 0.156. The third-order valence-corrected chi connectivity index (χ3v) is 3.93. The standard InChI is InChI=1S/C20H22NO/c1-4-16(15-9-6-5-7-10-15)17-13-21-18-11-8-12-19(20(17)18)22-14(2)3/h5-14,16,21H,1,4H2,2-3H3/t16-/m0/s1. The van der Waals surface area contributed by atoms with Gasteiger partial charge in [0.2, 0.25) is 0 Å². The first-order valence-electron chi connectivity index (χ1n) is 7.81. The van der Waals surface area contributed by atoms with E-state index in [9.17, 15) is 0 Å². The second kappa shape index (κ2) is 6.27. The zero-order chi connectivity index (χ0) is 15.5. The fourth-order valence-electron chi connectivity index (χ4n) is 2.99. The Bertz CT molecular complexity index is 743. The summed E-state index contributed by atoms with van der Waals surface area (Å²) < 4.78 is 6.02. The minimum atomic E-state index is 0.156. The van der Waals surface area contributed by atoms with E-state index in [0.717, 1.165) is 17.7 Å². The molecule has 0 aliphatic carbocycles. The van der Waals surface area contributed by atoms with Crippen molar-refractivity contribution < 1.29 is 4.74 Å². The number of rotatable bonds is 5. The van der Waals surface area contributed by atoms with Crippen LogP contribution in [0.3, 0.4) is 0 Å². The Morgan fingerprint density at radius 3 is 2.50 bits per heavy atom. The number of hydrogen-bond acceptors (Lipinski definition) is 1. The number of H-pyrrole nitrogens is 1. The van der Waals surface area contributed by atoms with Crippen LogP contribution in [-0.4, -0.2) is 11.1 Å². The summed E-state index contributed by atoms with van der Waals surface area (Å²) in [6.45, 7) is 8.27. The Hall–Kier alpha value is -2.22. The normalized spacial score (nSPS) is 12.7. The van der Waals surface area contributed by atoms with Gasteiger partial charge in [-0.15, -0.1) is 0 Å². The monoisotopic (exact) mass is 292 g/mol. The zero-order valence-electron chi connectivity index (χ0n) is 13.2. The van der Waals surface area contributed by atoms with Crippen molar-refractivity contribution in [1.82, 2.24) is 4.98 Å². The molecule has 0 amide bonds. The van der Waals surface area contributed by atoms with Crippen LogP contribution in [0.5, 0.6) is 5.75 Å².